The van der Waals surface area contributed by atoms with E-state index in [2.05, 4.69) is 118 Å². The van der Waals surface area contributed by atoms with E-state index in [0.29, 0.717) is 5.02 Å². The number of rotatable bonds is 1. The molecule has 0 unspecified atom stereocenters. The van der Waals surface area contributed by atoms with E-state index in [9.17, 15) is 0 Å². The Hall–Kier alpha value is -4.01. The van der Waals surface area contributed by atoms with Crippen molar-refractivity contribution in [3.63, 3.8) is 0 Å². The van der Waals surface area contributed by atoms with E-state index in [1.807, 2.05) is 12.1 Å². The molecule has 2 aromatic heterocycles. The number of benzene rings is 5. The zero-order valence-corrected chi connectivity index (χ0v) is 24.1. The van der Waals surface area contributed by atoms with Gasteiger partial charge >= 0.3 is 0 Å². The SMILES string of the molecule is CC(C)(C)c1ccc2c(c1)c1c3c(oc4ccccc43)c(Cl)cc1n2-c1ccc2c(c1)-c1ccccc1C2(C)C. The zero-order valence-electron chi connectivity index (χ0n) is 23.4. The molecule has 0 atom stereocenters. The van der Waals surface area contributed by atoms with Gasteiger partial charge in [0, 0.05) is 32.6 Å². The number of para-hydroxylation sites is 1. The molecule has 7 aromatic rings. The summed E-state index contributed by atoms with van der Waals surface area (Å²) in [7, 11) is 0. The van der Waals surface area contributed by atoms with Crippen LogP contribution in [0.5, 0.6) is 0 Å². The van der Waals surface area contributed by atoms with E-state index in [4.69, 9.17) is 16.0 Å². The molecule has 0 spiro atoms. The molecule has 0 amide bonds. The first-order chi connectivity index (χ1) is 19.1. The second-order valence-corrected chi connectivity index (χ2v) is 13.2. The van der Waals surface area contributed by atoms with Crippen LogP contribution in [0.25, 0.3) is 60.6 Å². The number of furan rings is 1. The summed E-state index contributed by atoms with van der Waals surface area (Å²) in [5.74, 6) is 0. The minimum absolute atomic E-state index is 0.0233. The van der Waals surface area contributed by atoms with Crippen LogP contribution in [-0.4, -0.2) is 4.57 Å². The lowest BCUT2D eigenvalue weighted by molar-refractivity contribution is 0.591. The highest BCUT2D eigenvalue weighted by atomic mass is 35.5. The highest BCUT2D eigenvalue weighted by Crippen LogP contribution is 2.50. The van der Waals surface area contributed by atoms with Crippen LogP contribution < -0.4 is 0 Å². The van der Waals surface area contributed by atoms with Crippen molar-refractivity contribution in [3.05, 3.63) is 113 Å². The van der Waals surface area contributed by atoms with Crippen molar-refractivity contribution in [2.75, 3.05) is 0 Å². The van der Waals surface area contributed by atoms with Crippen LogP contribution in [-0.2, 0) is 10.8 Å². The maximum atomic E-state index is 6.99. The van der Waals surface area contributed by atoms with Gasteiger partial charge in [0.25, 0.3) is 0 Å². The van der Waals surface area contributed by atoms with E-state index in [0.717, 1.165) is 33.1 Å². The van der Waals surface area contributed by atoms with Crippen molar-refractivity contribution >= 4 is 55.3 Å². The summed E-state index contributed by atoms with van der Waals surface area (Å²) < 4.78 is 8.72. The Kier molecular flexibility index (Phi) is 4.65. The number of hydrogen-bond donors (Lipinski definition) is 0. The second kappa shape index (κ2) is 7.80. The molecule has 0 fully saturated rings. The first-order valence-corrected chi connectivity index (χ1v) is 14.4. The molecule has 0 aliphatic heterocycles. The average molecular weight is 540 g/mol. The van der Waals surface area contributed by atoms with Crippen LogP contribution in [0.1, 0.15) is 51.3 Å². The number of fused-ring (bicyclic) bond motifs is 10. The summed E-state index contributed by atoms with van der Waals surface area (Å²) in [6, 6.07) is 33.0. The van der Waals surface area contributed by atoms with E-state index in [1.54, 1.807) is 0 Å². The van der Waals surface area contributed by atoms with Crippen LogP contribution in [0.3, 0.4) is 0 Å². The third-order valence-electron chi connectivity index (χ3n) is 9.02. The Morgan fingerprint density at radius 1 is 0.700 bits per heavy atom. The first kappa shape index (κ1) is 23.8. The lowest BCUT2D eigenvalue weighted by Gasteiger charge is -2.21. The number of aromatic nitrogens is 1. The summed E-state index contributed by atoms with van der Waals surface area (Å²) in [6.45, 7) is 11.5. The molecular formula is C37H30ClNO. The Morgan fingerprint density at radius 2 is 1.45 bits per heavy atom. The molecule has 0 N–H and O–H groups in total. The zero-order chi connectivity index (χ0) is 27.6. The maximum absolute atomic E-state index is 6.99. The third kappa shape index (κ3) is 3.06. The van der Waals surface area contributed by atoms with Crippen molar-refractivity contribution in [2.45, 2.75) is 45.4 Å². The number of nitrogens with zero attached hydrogens (tertiary/aromatic N) is 1. The number of hydrogen-bond acceptors (Lipinski definition) is 1. The molecule has 0 saturated carbocycles. The van der Waals surface area contributed by atoms with Crippen molar-refractivity contribution in [1.82, 2.24) is 4.57 Å². The highest BCUT2D eigenvalue weighted by molar-refractivity contribution is 6.40. The molecule has 1 aliphatic rings. The molecule has 1 aliphatic carbocycles. The molecule has 2 nitrogen and oxygen atoms in total. The van der Waals surface area contributed by atoms with E-state index in [-0.39, 0.29) is 10.8 Å². The Labute approximate surface area is 238 Å². The van der Waals surface area contributed by atoms with Gasteiger partial charge in [-0.3, -0.25) is 0 Å². The van der Waals surface area contributed by atoms with Gasteiger partial charge in [-0.25, -0.2) is 0 Å². The molecule has 8 rings (SSSR count). The van der Waals surface area contributed by atoms with Crippen molar-refractivity contribution in [3.8, 4) is 16.8 Å². The third-order valence-corrected chi connectivity index (χ3v) is 9.30. The van der Waals surface area contributed by atoms with Crippen molar-refractivity contribution < 1.29 is 4.42 Å². The van der Waals surface area contributed by atoms with Gasteiger partial charge in [0.1, 0.15) is 5.58 Å². The Balaban J connectivity index is 1.53. The van der Waals surface area contributed by atoms with Crippen LogP contribution in [0.15, 0.2) is 95.4 Å². The lowest BCUT2D eigenvalue weighted by atomic mass is 9.82. The fourth-order valence-corrected chi connectivity index (χ4v) is 7.19. The van der Waals surface area contributed by atoms with E-state index < -0.39 is 0 Å². The smallest absolute Gasteiger partial charge is 0.154 e. The standard InChI is InChI=1S/C37H30ClNO/c1-36(2,3)21-14-17-30-26(18-21)33-31(20-29(38)35-34(33)24-11-7-9-13-32(24)40-35)39(30)22-15-16-28-25(19-22)23-10-6-8-12-27(23)37(28,4)5/h6-20H,1-5H3. The normalized spacial score (nSPS) is 14.4. The van der Waals surface area contributed by atoms with Crippen molar-refractivity contribution in [2.24, 2.45) is 0 Å². The van der Waals surface area contributed by atoms with Crippen LogP contribution in [0.4, 0.5) is 0 Å². The summed E-state index contributed by atoms with van der Waals surface area (Å²) in [6.07, 6.45) is 0. The first-order valence-electron chi connectivity index (χ1n) is 14.0. The van der Waals surface area contributed by atoms with Gasteiger partial charge in [-0.1, -0.05) is 101 Å². The molecule has 3 heteroatoms. The predicted octanol–water partition coefficient (Wildman–Crippen LogP) is 10.9. The molecule has 5 aromatic carbocycles. The molecule has 2 heterocycles. The van der Waals surface area contributed by atoms with Crippen molar-refractivity contribution in [1.29, 1.82) is 0 Å². The monoisotopic (exact) mass is 539 g/mol. The Morgan fingerprint density at radius 3 is 2.27 bits per heavy atom. The maximum Gasteiger partial charge on any atom is 0.154 e. The molecule has 0 bridgehead atoms. The molecule has 40 heavy (non-hydrogen) atoms. The average Bonchev–Trinajstić information content (AvgIpc) is 3.54. The van der Waals surface area contributed by atoms with Gasteiger partial charge in [0.15, 0.2) is 5.58 Å². The van der Waals surface area contributed by atoms with Crippen LogP contribution in [0.2, 0.25) is 5.02 Å². The van der Waals surface area contributed by atoms with E-state index >= 15 is 0 Å². The quantitative estimate of drug-likeness (QED) is 0.203. The highest BCUT2D eigenvalue weighted by Gasteiger charge is 2.35. The Bertz CT molecular complexity index is 2180. The summed E-state index contributed by atoms with van der Waals surface area (Å²) in [5, 5.41) is 5.21. The van der Waals surface area contributed by atoms with Crippen LogP contribution in [0, 0.1) is 0 Å². The van der Waals surface area contributed by atoms with Crippen LogP contribution >= 0.6 is 11.6 Å². The minimum Gasteiger partial charge on any atom is -0.454 e. The minimum atomic E-state index is -0.0297. The molecule has 0 saturated heterocycles. The topological polar surface area (TPSA) is 18.1 Å². The summed E-state index contributed by atoms with van der Waals surface area (Å²) >= 11 is 6.99. The molecule has 0 radical (unpaired) electrons. The molecular weight excluding hydrogens is 510 g/mol. The van der Waals surface area contributed by atoms with Gasteiger partial charge < -0.3 is 8.98 Å². The van der Waals surface area contributed by atoms with Gasteiger partial charge in [-0.2, -0.15) is 0 Å². The fourth-order valence-electron chi connectivity index (χ4n) is 6.95. The second-order valence-electron chi connectivity index (χ2n) is 12.8. The van der Waals surface area contributed by atoms with Gasteiger partial charge in [0.05, 0.1) is 16.1 Å². The van der Waals surface area contributed by atoms with E-state index in [1.165, 1.54) is 44.1 Å². The van der Waals surface area contributed by atoms with Gasteiger partial charge in [-0.15, -0.1) is 0 Å². The van der Waals surface area contributed by atoms with Gasteiger partial charge in [-0.05, 0) is 69.6 Å². The summed E-state index contributed by atoms with van der Waals surface area (Å²) in [5.41, 5.74) is 11.7. The summed E-state index contributed by atoms with van der Waals surface area (Å²) in [4.78, 5) is 0. The predicted molar refractivity (Wildman–Crippen MR) is 169 cm³/mol. The number of halogens is 1. The van der Waals surface area contributed by atoms with Gasteiger partial charge in [0.2, 0.25) is 0 Å². The fraction of sp³-hybridized carbons (Fsp3) is 0.189. The lowest BCUT2D eigenvalue weighted by Crippen LogP contribution is -2.14. The largest absolute Gasteiger partial charge is 0.454 e. The molecule has 196 valence electrons.